The number of benzene rings is 1. The summed E-state index contributed by atoms with van der Waals surface area (Å²) in [5.74, 6) is 1.53. The zero-order valence-electron chi connectivity index (χ0n) is 16.6. The minimum absolute atomic E-state index is 0.736. The van der Waals surface area contributed by atoms with E-state index in [0.717, 1.165) is 11.8 Å². The molecular formula is C21H42. The van der Waals surface area contributed by atoms with Crippen LogP contribution in [0.5, 0.6) is 0 Å². The Morgan fingerprint density at radius 2 is 1.33 bits per heavy atom. The maximum atomic E-state index is 2.36. The van der Waals surface area contributed by atoms with Crippen molar-refractivity contribution >= 4 is 0 Å². The maximum Gasteiger partial charge on any atom is -0.0139 e. The lowest BCUT2D eigenvalue weighted by Crippen LogP contribution is -2.08. The average molecular weight is 295 g/mol. The van der Waals surface area contributed by atoms with Crippen molar-refractivity contribution in [3.63, 3.8) is 0 Å². The monoisotopic (exact) mass is 294 g/mol. The van der Waals surface area contributed by atoms with Crippen LogP contribution < -0.4 is 0 Å². The van der Waals surface area contributed by atoms with E-state index in [1.807, 2.05) is 27.7 Å². The van der Waals surface area contributed by atoms with E-state index >= 15 is 0 Å². The maximum absolute atomic E-state index is 2.36. The Labute approximate surface area is 136 Å². The smallest absolute Gasteiger partial charge is 0.0139 e. The lowest BCUT2D eigenvalue weighted by Gasteiger charge is -2.22. The molecule has 0 spiro atoms. The molecule has 0 N–H and O–H groups in total. The normalized spacial score (nSPS) is 11.5. The first kappa shape index (κ1) is 25.2. The molecule has 126 valence electrons. The summed E-state index contributed by atoms with van der Waals surface area (Å²) in [6.45, 7) is 21.4. The van der Waals surface area contributed by atoms with Gasteiger partial charge >= 0.3 is 0 Å². The largest absolute Gasteiger partial charge is 0.0683 e. The fraction of sp³-hybridized carbons (Fsp3) is 0.714. The van der Waals surface area contributed by atoms with Gasteiger partial charge in [0, 0.05) is 0 Å². The lowest BCUT2D eigenvalue weighted by atomic mass is 9.83. The molecule has 1 rings (SSSR count). The van der Waals surface area contributed by atoms with E-state index in [-0.39, 0.29) is 0 Å². The van der Waals surface area contributed by atoms with Crippen molar-refractivity contribution in [3.8, 4) is 0 Å². The molecule has 21 heavy (non-hydrogen) atoms. The summed E-state index contributed by atoms with van der Waals surface area (Å²) < 4.78 is 0. The molecule has 0 fully saturated rings. The minimum atomic E-state index is 0.736. The van der Waals surface area contributed by atoms with Crippen LogP contribution in [0.4, 0.5) is 0 Å². The number of aryl methyl sites for hydroxylation is 1. The van der Waals surface area contributed by atoms with Gasteiger partial charge in [0.1, 0.15) is 0 Å². The van der Waals surface area contributed by atoms with Gasteiger partial charge in [-0.25, -0.2) is 0 Å². The highest BCUT2D eigenvalue weighted by Crippen LogP contribution is 2.30. The van der Waals surface area contributed by atoms with Crippen LogP contribution in [-0.4, -0.2) is 0 Å². The average Bonchev–Trinajstić information content (AvgIpc) is 2.52. The van der Waals surface area contributed by atoms with Gasteiger partial charge in [-0.2, -0.15) is 0 Å². The second-order valence-electron chi connectivity index (χ2n) is 5.02. The summed E-state index contributed by atoms with van der Waals surface area (Å²) >= 11 is 0. The number of hydrogen-bond acceptors (Lipinski definition) is 0. The van der Waals surface area contributed by atoms with Gasteiger partial charge in [-0.15, -0.1) is 0 Å². The summed E-state index contributed by atoms with van der Waals surface area (Å²) in [4.78, 5) is 0. The molecule has 0 aromatic heterocycles. The van der Waals surface area contributed by atoms with Crippen LogP contribution in [0.1, 0.15) is 98.6 Å². The van der Waals surface area contributed by atoms with Crippen LogP contribution in [-0.2, 0) is 0 Å². The summed E-state index contributed by atoms with van der Waals surface area (Å²) in [5.41, 5.74) is 2.89. The van der Waals surface area contributed by atoms with Crippen LogP contribution in [0.3, 0.4) is 0 Å². The van der Waals surface area contributed by atoms with Gasteiger partial charge in [-0.1, -0.05) is 105 Å². The first-order valence-electron chi connectivity index (χ1n) is 9.17. The van der Waals surface area contributed by atoms with E-state index in [9.17, 15) is 0 Å². The predicted octanol–water partition coefficient (Wildman–Crippen LogP) is 8.00. The molecule has 0 heteroatoms. The third kappa shape index (κ3) is 12.7. The highest BCUT2D eigenvalue weighted by molar-refractivity contribution is 5.25. The van der Waals surface area contributed by atoms with Crippen molar-refractivity contribution in [2.75, 3.05) is 0 Å². The second-order valence-corrected chi connectivity index (χ2v) is 5.02. The molecule has 0 bridgehead atoms. The zero-order chi connectivity index (χ0) is 17.3. The van der Waals surface area contributed by atoms with Crippen molar-refractivity contribution in [2.45, 2.75) is 94.4 Å². The topological polar surface area (TPSA) is 0 Å². The molecule has 0 saturated carbocycles. The lowest BCUT2D eigenvalue weighted by molar-refractivity contribution is 0.435. The molecule has 0 aliphatic heterocycles. The Balaban J connectivity index is -0.000000399. The summed E-state index contributed by atoms with van der Waals surface area (Å²) in [6, 6.07) is 8.95. The molecule has 1 unspecified atom stereocenters. The van der Waals surface area contributed by atoms with Gasteiger partial charge in [-0.05, 0) is 30.7 Å². The fourth-order valence-electron chi connectivity index (χ4n) is 2.15. The third-order valence-corrected chi connectivity index (χ3v) is 3.24. The Kier molecular flexibility index (Phi) is 23.1. The van der Waals surface area contributed by atoms with Crippen LogP contribution in [0, 0.1) is 12.8 Å². The Hall–Kier alpha value is -0.780. The SMILES string of the molecule is CC.CC.CCC.CCC(c1cccc(C)c1)[C@@H](C)CC. The molecule has 2 atom stereocenters. The molecule has 0 heterocycles. The number of hydrogen-bond donors (Lipinski definition) is 0. The standard InChI is InChI=1S/C14H22.C3H8.2C2H6/c1-5-12(4)14(6-2)13-9-7-8-11(3)10-13;1-3-2;2*1-2/h7-10,12,14H,5-6H2,1-4H3;3H2,1-2H3;2*1-2H3/t12-,14?;;;/m0.../s1. The molecule has 0 radical (unpaired) electrons. The summed E-state index contributed by atoms with van der Waals surface area (Å²) in [6.07, 6.45) is 3.77. The van der Waals surface area contributed by atoms with Crippen molar-refractivity contribution in [2.24, 2.45) is 5.92 Å². The summed E-state index contributed by atoms with van der Waals surface area (Å²) in [7, 11) is 0. The van der Waals surface area contributed by atoms with E-state index in [1.165, 1.54) is 30.4 Å². The molecule has 0 aliphatic carbocycles. The fourth-order valence-corrected chi connectivity index (χ4v) is 2.15. The molecule has 1 aromatic carbocycles. The van der Waals surface area contributed by atoms with Crippen LogP contribution in [0.2, 0.25) is 0 Å². The van der Waals surface area contributed by atoms with Crippen molar-refractivity contribution < 1.29 is 0 Å². The van der Waals surface area contributed by atoms with Gasteiger partial charge < -0.3 is 0 Å². The molecule has 0 aliphatic rings. The summed E-state index contributed by atoms with van der Waals surface area (Å²) in [5, 5.41) is 0. The van der Waals surface area contributed by atoms with Gasteiger partial charge in [0.05, 0.1) is 0 Å². The van der Waals surface area contributed by atoms with Gasteiger partial charge in [-0.3, -0.25) is 0 Å². The predicted molar refractivity (Wildman–Crippen MR) is 102 cm³/mol. The van der Waals surface area contributed by atoms with Crippen molar-refractivity contribution in [1.82, 2.24) is 0 Å². The Bertz CT molecular complexity index is 288. The van der Waals surface area contributed by atoms with Crippen LogP contribution in [0.25, 0.3) is 0 Å². The van der Waals surface area contributed by atoms with E-state index in [1.54, 1.807) is 0 Å². The van der Waals surface area contributed by atoms with Crippen molar-refractivity contribution in [1.29, 1.82) is 0 Å². The van der Waals surface area contributed by atoms with E-state index in [4.69, 9.17) is 0 Å². The van der Waals surface area contributed by atoms with Crippen LogP contribution >= 0.6 is 0 Å². The first-order valence-corrected chi connectivity index (χ1v) is 9.17. The van der Waals surface area contributed by atoms with E-state index in [0.29, 0.717) is 0 Å². The third-order valence-electron chi connectivity index (χ3n) is 3.24. The molecular weight excluding hydrogens is 252 g/mol. The van der Waals surface area contributed by atoms with Gasteiger partial charge in [0.15, 0.2) is 0 Å². The van der Waals surface area contributed by atoms with Gasteiger partial charge in [0.2, 0.25) is 0 Å². The van der Waals surface area contributed by atoms with E-state index in [2.05, 4.69) is 65.8 Å². The number of rotatable bonds is 4. The molecule has 0 nitrogen and oxygen atoms in total. The highest BCUT2D eigenvalue weighted by atomic mass is 14.2. The van der Waals surface area contributed by atoms with Crippen LogP contribution in [0.15, 0.2) is 24.3 Å². The first-order chi connectivity index (χ1) is 10.1. The highest BCUT2D eigenvalue weighted by Gasteiger charge is 2.15. The molecule has 0 amide bonds. The van der Waals surface area contributed by atoms with Crippen molar-refractivity contribution in [3.05, 3.63) is 35.4 Å². The zero-order valence-corrected chi connectivity index (χ0v) is 16.6. The minimum Gasteiger partial charge on any atom is -0.0683 e. The second kappa shape index (κ2) is 19.2. The molecule has 1 aromatic rings. The Morgan fingerprint density at radius 1 is 0.857 bits per heavy atom. The van der Waals surface area contributed by atoms with E-state index < -0.39 is 0 Å². The van der Waals surface area contributed by atoms with Gasteiger partial charge in [0.25, 0.3) is 0 Å². The Morgan fingerprint density at radius 3 is 1.67 bits per heavy atom. The quantitative estimate of drug-likeness (QED) is 0.527. The molecule has 0 saturated heterocycles.